The van der Waals surface area contributed by atoms with Crippen LogP contribution in [-0.2, 0) is 0 Å². The predicted octanol–water partition coefficient (Wildman–Crippen LogP) is 4.28. The Morgan fingerprint density at radius 2 is 1.87 bits per heavy atom. The van der Waals surface area contributed by atoms with Crippen LogP contribution in [-0.4, -0.2) is 20.4 Å². The number of fused-ring (bicyclic) bond motifs is 1. The minimum Gasteiger partial charge on any atom is -0.367 e. The first-order valence-corrected chi connectivity index (χ1v) is 8.17. The molecule has 0 bridgehead atoms. The number of rotatable bonds is 3. The molecule has 0 atom stereocenters. The van der Waals surface area contributed by atoms with Crippen LogP contribution in [0.25, 0.3) is 17.0 Å². The molecule has 1 fully saturated rings. The molecule has 4 nitrogen and oxygen atoms in total. The highest BCUT2D eigenvalue weighted by Gasteiger charge is 2.19. The Hall–Kier alpha value is -2.43. The van der Waals surface area contributed by atoms with Crippen molar-refractivity contribution in [3.8, 4) is 11.3 Å². The minimum atomic E-state index is -0.238. The smallest absolute Gasteiger partial charge is 0.235 e. The van der Waals surface area contributed by atoms with Gasteiger partial charge in [-0.3, -0.25) is 4.40 Å². The number of nitrogens with zero attached hydrogens (tertiary/aromatic N) is 3. The number of halogens is 1. The maximum atomic E-state index is 13.2. The average Bonchev–Trinajstić information content (AvgIpc) is 2.95. The summed E-state index contributed by atoms with van der Waals surface area (Å²) < 4.78 is 15.2. The lowest BCUT2D eigenvalue weighted by atomic mass is 9.95. The molecular weight excluding hydrogens is 291 g/mol. The first-order valence-electron chi connectivity index (χ1n) is 8.17. The standard InChI is InChI=1S/C18H19FN4/c19-14-9-7-13(8-10-14)16-17(21-15-5-2-1-3-6-15)23-12-4-11-20-18(23)22-16/h4,7-12,15,21H,1-3,5-6H2. The summed E-state index contributed by atoms with van der Waals surface area (Å²) in [5.41, 5.74) is 1.73. The molecule has 1 aromatic carbocycles. The maximum absolute atomic E-state index is 13.2. The Morgan fingerprint density at radius 3 is 2.65 bits per heavy atom. The third-order valence-corrected chi connectivity index (χ3v) is 4.47. The van der Waals surface area contributed by atoms with Gasteiger partial charge in [-0.25, -0.2) is 14.4 Å². The first-order chi connectivity index (χ1) is 11.3. The Bertz CT molecular complexity index is 804. The molecule has 4 rings (SSSR count). The van der Waals surface area contributed by atoms with Crippen LogP contribution < -0.4 is 5.32 Å². The quantitative estimate of drug-likeness (QED) is 0.785. The van der Waals surface area contributed by atoms with Crippen LogP contribution in [0.5, 0.6) is 0 Å². The van der Waals surface area contributed by atoms with Crippen molar-refractivity contribution in [2.45, 2.75) is 38.1 Å². The van der Waals surface area contributed by atoms with E-state index in [1.165, 1.54) is 44.2 Å². The summed E-state index contributed by atoms with van der Waals surface area (Å²) in [6, 6.07) is 8.83. The maximum Gasteiger partial charge on any atom is 0.235 e. The molecule has 2 heterocycles. The molecule has 1 N–H and O–H groups in total. The zero-order valence-corrected chi connectivity index (χ0v) is 12.9. The third-order valence-electron chi connectivity index (χ3n) is 4.47. The topological polar surface area (TPSA) is 42.2 Å². The molecule has 0 radical (unpaired) electrons. The van der Waals surface area contributed by atoms with Crippen LogP contribution in [0, 0.1) is 5.82 Å². The molecule has 1 saturated carbocycles. The fourth-order valence-corrected chi connectivity index (χ4v) is 3.27. The monoisotopic (exact) mass is 310 g/mol. The van der Waals surface area contributed by atoms with Gasteiger partial charge in [-0.1, -0.05) is 19.3 Å². The van der Waals surface area contributed by atoms with E-state index in [1.54, 1.807) is 18.3 Å². The number of benzene rings is 1. The second-order valence-electron chi connectivity index (χ2n) is 6.08. The molecule has 0 amide bonds. The second kappa shape index (κ2) is 5.99. The van der Waals surface area contributed by atoms with Gasteiger partial charge >= 0.3 is 0 Å². The van der Waals surface area contributed by atoms with Gasteiger partial charge in [0.1, 0.15) is 17.3 Å². The van der Waals surface area contributed by atoms with Crippen LogP contribution in [0.1, 0.15) is 32.1 Å². The van der Waals surface area contributed by atoms with E-state index < -0.39 is 0 Å². The summed E-state index contributed by atoms with van der Waals surface area (Å²) in [7, 11) is 0. The van der Waals surface area contributed by atoms with Gasteiger partial charge in [0.15, 0.2) is 0 Å². The number of nitrogens with one attached hydrogen (secondary N) is 1. The van der Waals surface area contributed by atoms with Crippen molar-refractivity contribution in [3.63, 3.8) is 0 Å². The van der Waals surface area contributed by atoms with Gasteiger partial charge in [0.05, 0.1) is 0 Å². The highest BCUT2D eigenvalue weighted by atomic mass is 19.1. The Labute approximate surface area is 134 Å². The molecule has 3 aromatic rings. The van der Waals surface area contributed by atoms with E-state index in [0.717, 1.165) is 17.1 Å². The molecule has 0 saturated heterocycles. The summed E-state index contributed by atoms with van der Waals surface area (Å²) in [5.74, 6) is 1.37. The minimum absolute atomic E-state index is 0.238. The molecule has 0 aliphatic heterocycles. The van der Waals surface area contributed by atoms with Crippen molar-refractivity contribution in [2.75, 3.05) is 5.32 Å². The molecule has 1 aliphatic carbocycles. The number of anilines is 1. The van der Waals surface area contributed by atoms with Crippen molar-refractivity contribution in [3.05, 3.63) is 48.5 Å². The molecule has 23 heavy (non-hydrogen) atoms. The van der Waals surface area contributed by atoms with Crippen LogP contribution in [0.4, 0.5) is 10.2 Å². The van der Waals surface area contributed by atoms with E-state index in [0.29, 0.717) is 11.8 Å². The van der Waals surface area contributed by atoms with Crippen molar-refractivity contribution < 1.29 is 4.39 Å². The Kier molecular flexibility index (Phi) is 3.69. The normalized spacial score (nSPS) is 15.9. The van der Waals surface area contributed by atoms with Crippen molar-refractivity contribution in [1.29, 1.82) is 0 Å². The molecule has 118 valence electrons. The van der Waals surface area contributed by atoms with Gasteiger partial charge in [-0.2, -0.15) is 0 Å². The SMILES string of the molecule is Fc1ccc(-c2nc3ncccn3c2NC2CCCCC2)cc1. The first kappa shape index (κ1) is 14.2. The average molecular weight is 310 g/mol. The number of aromatic nitrogens is 3. The predicted molar refractivity (Wildman–Crippen MR) is 88.9 cm³/mol. The summed E-state index contributed by atoms with van der Waals surface area (Å²) in [6.45, 7) is 0. The van der Waals surface area contributed by atoms with Crippen LogP contribution >= 0.6 is 0 Å². The Morgan fingerprint density at radius 1 is 1.09 bits per heavy atom. The van der Waals surface area contributed by atoms with Gasteiger partial charge in [0.2, 0.25) is 5.78 Å². The summed E-state index contributed by atoms with van der Waals surface area (Å²) in [4.78, 5) is 8.98. The van der Waals surface area contributed by atoms with Gasteiger partial charge in [0, 0.05) is 24.0 Å². The van der Waals surface area contributed by atoms with Crippen molar-refractivity contribution in [2.24, 2.45) is 0 Å². The zero-order valence-electron chi connectivity index (χ0n) is 12.9. The van der Waals surface area contributed by atoms with E-state index in [9.17, 15) is 4.39 Å². The van der Waals surface area contributed by atoms with Gasteiger partial charge < -0.3 is 5.32 Å². The lowest BCUT2D eigenvalue weighted by molar-refractivity contribution is 0.461. The fourth-order valence-electron chi connectivity index (χ4n) is 3.27. The van der Waals surface area contributed by atoms with E-state index in [-0.39, 0.29) is 5.82 Å². The molecule has 2 aromatic heterocycles. The number of hydrogen-bond acceptors (Lipinski definition) is 3. The molecule has 0 unspecified atom stereocenters. The van der Waals surface area contributed by atoms with Gasteiger partial charge in [-0.05, 0) is 43.2 Å². The second-order valence-corrected chi connectivity index (χ2v) is 6.08. The van der Waals surface area contributed by atoms with Crippen molar-refractivity contribution >= 4 is 11.6 Å². The largest absolute Gasteiger partial charge is 0.367 e. The molecule has 0 spiro atoms. The Balaban J connectivity index is 1.79. The van der Waals surface area contributed by atoms with Gasteiger partial charge in [-0.15, -0.1) is 0 Å². The van der Waals surface area contributed by atoms with Crippen molar-refractivity contribution in [1.82, 2.24) is 14.4 Å². The lowest BCUT2D eigenvalue weighted by Crippen LogP contribution is -2.23. The van der Waals surface area contributed by atoms with E-state index >= 15 is 0 Å². The van der Waals surface area contributed by atoms with Crippen LogP contribution in [0.2, 0.25) is 0 Å². The summed E-state index contributed by atoms with van der Waals surface area (Å²) >= 11 is 0. The van der Waals surface area contributed by atoms with Gasteiger partial charge in [0.25, 0.3) is 0 Å². The summed E-state index contributed by atoms with van der Waals surface area (Å²) in [5, 5.41) is 3.65. The highest BCUT2D eigenvalue weighted by Crippen LogP contribution is 2.31. The zero-order chi connectivity index (χ0) is 15.6. The fraction of sp³-hybridized carbons (Fsp3) is 0.333. The molecule has 5 heteroatoms. The number of imidazole rings is 1. The van der Waals surface area contributed by atoms with Crippen LogP contribution in [0.3, 0.4) is 0 Å². The molecule has 1 aliphatic rings. The van der Waals surface area contributed by atoms with Crippen LogP contribution in [0.15, 0.2) is 42.7 Å². The lowest BCUT2D eigenvalue weighted by Gasteiger charge is -2.24. The third kappa shape index (κ3) is 2.79. The highest BCUT2D eigenvalue weighted by molar-refractivity contribution is 5.75. The summed E-state index contributed by atoms with van der Waals surface area (Å²) in [6.07, 6.45) is 9.90. The van der Waals surface area contributed by atoms with E-state index in [2.05, 4.69) is 15.3 Å². The van der Waals surface area contributed by atoms with E-state index in [1.807, 2.05) is 16.7 Å². The van der Waals surface area contributed by atoms with E-state index in [4.69, 9.17) is 0 Å². The number of hydrogen-bond donors (Lipinski definition) is 1. The molecular formula is C18H19FN4.